The van der Waals surface area contributed by atoms with E-state index >= 15 is 0 Å². The lowest BCUT2D eigenvalue weighted by Crippen LogP contribution is -2.29. The van der Waals surface area contributed by atoms with Crippen LogP contribution in [-0.2, 0) is 14.3 Å². The summed E-state index contributed by atoms with van der Waals surface area (Å²) in [6.45, 7) is 8.17. The molecular formula is C30H31N3O8S. The van der Waals surface area contributed by atoms with Crippen molar-refractivity contribution in [2.24, 2.45) is 5.92 Å². The number of non-ortho nitro benzene ring substituents is 1. The van der Waals surface area contributed by atoms with Crippen molar-refractivity contribution in [2.75, 3.05) is 18.1 Å². The molecule has 2 aromatic carbocycles. The molecule has 1 amide bonds. The van der Waals surface area contributed by atoms with Crippen LogP contribution in [-0.4, -0.2) is 45.9 Å². The van der Waals surface area contributed by atoms with Crippen LogP contribution in [0.4, 0.5) is 10.8 Å². The number of anilines is 1. The monoisotopic (exact) mass is 593 g/mol. The van der Waals surface area contributed by atoms with Crippen molar-refractivity contribution in [1.29, 1.82) is 0 Å². The van der Waals surface area contributed by atoms with Crippen LogP contribution in [0.2, 0.25) is 0 Å². The molecule has 1 aliphatic heterocycles. The van der Waals surface area contributed by atoms with Gasteiger partial charge < -0.3 is 14.6 Å². The molecule has 0 spiro atoms. The number of amides is 1. The van der Waals surface area contributed by atoms with E-state index in [2.05, 4.69) is 4.98 Å². The van der Waals surface area contributed by atoms with Gasteiger partial charge in [-0.1, -0.05) is 38.5 Å². The zero-order valence-corrected chi connectivity index (χ0v) is 24.5. The Morgan fingerprint density at radius 2 is 1.81 bits per heavy atom. The summed E-state index contributed by atoms with van der Waals surface area (Å²) in [5, 5.41) is 22.7. The van der Waals surface area contributed by atoms with Crippen molar-refractivity contribution < 1.29 is 33.9 Å². The number of benzene rings is 2. The third-order valence-corrected chi connectivity index (χ3v) is 7.62. The van der Waals surface area contributed by atoms with E-state index in [1.165, 1.54) is 24.3 Å². The van der Waals surface area contributed by atoms with Gasteiger partial charge in [-0.3, -0.25) is 24.6 Å². The summed E-state index contributed by atoms with van der Waals surface area (Å²) in [7, 11) is 0. The van der Waals surface area contributed by atoms with Crippen molar-refractivity contribution in [1.82, 2.24) is 4.98 Å². The van der Waals surface area contributed by atoms with Gasteiger partial charge in [0.25, 0.3) is 11.5 Å². The molecule has 12 heteroatoms. The molecule has 0 radical (unpaired) electrons. The fourth-order valence-corrected chi connectivity index (χ4v) is 5.29. The van der Waals surface area contributed by atoms with E-state index in [1.807, 2.05) is 20.8 Å². The Hall–Kier alpha value is -4.58. The van der Waals surface area contributed by atoms with Crippen molar-refractivity contribution >= 4 is 45.6 Å². The van der Waals surface area contributed by atoms with Gasteiger partial charge in [0.2, 0.25) is 0 Å². The predicted octanol–water partition coefficient (Wildman–Crippen LogP) is 5.98. The van der Waals surface area contributed by atoms with Crippen LogP contribution in [0.5, 0.6) is 5.75 Å². The molecule has 1 atom stereocenters. The fraction of sp³-hybridized carbons (Fsp3) is 0.333. The second-order valence-corrected chi connectivity index (χ2v) is 11.1. The third kappa shape index (κ3) is 6.33. The highest BCUT2D eigenvalue weighted by molar-refractivity contribution is 7.17. The number of nitro benzene ring substituents is 1. The predicted molar refractivity (Wildman–Crippen MR) is 157 cm³/mol. The first kappa shape index (κ1) is 30.4. The number of carbonyl (C=O) groups is 3. The maximum Gasteiger partial charge on any atom is 0.350 e. The summed E-state index contributed by atoms with van der Waals surface area (Å²) in [6.07, 6.45) is 1.86. The summed E-state index contributed by atoms with van der Waals surface area (Å²) in [5.41, 5.74) is 0.514. The summed E-state index contributed by atoms with van der Waals surface area (Å²) < 4.78 is 11.0. The molecule has 3 aromatic rings. The van der Waals surface area contributed by atoms with Gasteiger partial charge in [0, 0.05) is 17.7 Å². The van der Waals surface area contributed by atoms with E-state index in [-0.39, 0.29) is 39.4 Å². The number of Topliss-reactive ketones (excluding diaryl/α,β-unsaturated/α-hetero) is 1. The maximum atomic E-state index is 13.5. The minimum absolute atomic E-state index is 0.0492. The van der Waals surface area contributed by atoms with Crippen LogP contribution in [0.1, 0.15) is 66.1 Å². The number of nitrogens with zero attached hydrogens (tertiary/aromatic N) is 3. The number of aryl methyl sites for hydroxylation is 1. The van der Waals surface area contributed by atoms with Gasteiger partial charge in [-0.25, -0.2) is 9.78 Å². The molecule has 0 aliphatic carbocycles. The van der Waals surface area contributed by atoms with Crippen LogP contribution in [0.25, 0.3) is 5.76 Å². The van der Waals surface area contributed by atoms with Gasteiger partial charge >= 0.3 is 11.9 Å². The zero-order chi connectivity index (χ0) is 30.6. The summed E-state index contributed by atoms with van der Waals surface area (Å²) in [5.74, 6) is -2.26. The number of ketones is 1. The lowest BCUT2D eigenvalue weighted by atomic mass is 9.95. The molecular weight excluding hydrogens is 562 g/mol. The van der Waals surface area contributed by atoms with Crippen LogP contribution in [0.15, 0.2) is 54.1 Å². The van der Waals surface area contributed by atoms with Crippen LogP contribution >= 0.6 is 11.3 Å². The Morgan fingerprint density at radius 3 is 2.40 bits per heavy atom. The van der Waals surface area contributed by atoms with Crippen molar-refractivity contribution in [3.05, 3.63) is 85.9 Å². The van der Waals surface area contributed by atoms with Crippen molar-refractivity contribution in [3.63, 3.8) is 0 Å². The Bertz CT molecular complexity index is 1530. The third-order valence-electron chi connectivity index (χ3n) is 6.48. The standard InChI is InChI=1S/C30H31N3O8S/c1-5-6-15-40-22-13-9-20(10-14-22)25(34)23-24(19-7-11-21(12-8-19)33(38)39)32(28(36)26(23)35)30-31-18(4)27(42-30)29(37)41-16-17(2)3/h7-14,17,24,34H,5-6,15-16H2,1-4H3. The number of esters is 1. The fourth-order valence-electron chi connectivity index (χ4n) is 4.30. The second kappa shape index (κ2) is 12.9. The first-order valence-electron chi connectivity index (χ1n) is 13.5. The molecule has 11 nitrogen and oxygen atoms in total. The molecule has 1 saturated heterocycles. The van der Waals surface area contributed by atoms with E-state index in [9.17, 15) is 29.6 Å². The number of hydrogen-bond acceptors (Lipinski definition) is 10. The highest BCUT2D eigenvalue weighted by atomic mass is 32.1. The number of thiazole rings is 1. The molecule has 1 aromatic heterocycles. The maximum absolute atomic E-state index is 13.5. The number of rotatable bonds is 11. The van der Waals surface area contributed by atoms with E-state index < -0.39 is 34.4 Å². The van der Waals surface area contributed by atoms with Gasteiger partial charge in [-0.05, 0) is 61.2 Å². The topological polar surface area (TPSA) is 149 Å². The minimum atomic E-state index is -1.17. The first-order valence-corrected chi connectivity index (χ1v) is 14.3. The van der Waals surface area contributed by atoms with Gasteiger partial charge in [0.05, 0.1) is 35.4 Å². The summed E-state index contributed by atoms with van der Waals surface area (Å²) >= 11 is 0.888. The van der Waals surface area contributed by atoms with Gasteiger partial charge in [0.15, 0.2) is 5.13 Å². The number of nitro groups is 1. The Balaban J connectivity index is 1.79. The number of unbranched alkanes of at least 4 members (excludes halogenated alkanes) is 1. The average molecular weight is 594 g/mol. The number of ether oxygens (including phenoxy) is 2. The van der Waals surface area contributed by atoms with E-state index in [4.69, 9.17) is 9.47 Å². The van der Waals surface area contributed by atoms with Crippen LogP contribution < -0.4 is 9.64 Å². The molecule has 4 rings (SSSR count). The molecule has 220 valence electrons. The van der Waals surface area contributed by atoms with Crippen LogP contribution in [0, 0.1) is 23.0 Å². The number of aliphatic hydroxyl groups is 1. The number of carbonyl (C=O) groups excluding carboxylic acids is 3. The lowest BCUT2D eigenvalue weighted by molar-refractivity contribution is -0.384. The summed E-state index contributed by atoms with van der Waals surface area (Å²) in [6, 6.07) is 10.6. The second-order valence-electron chi connectivity index (χ2n) is 10.1. The summed E-state index contributed by atoms with van der Waals surface area (Å²) in [4.78, 5) is 56.0. The van der Waals surface area contributed by atoms with Gasteiger partial charge in [0.1, 0.15) is 16.4 Å². The smallest absolute Gasteiger partial charge is 0.350 e. The highest BCUT2D eigenvalue weighted by Crippen LogP contribution is 2.44. The molecule has 0 saturated carbocycles. The van der Waals surface area contributed by atoms with E-state index in [0.717, 1.165) is 29.1 Å². The zero-order valence-electron chi connectivity index (χ0n) is 23.7. The Morgan fingerprint density at radius 1 is 1.14 bits per heavy atom. The van der Waals surface area contributed by atoms with E-state index in [1.54, 1.807) is 31.2 Å². The number of hydrogen-bond donors (Lipinski definition) is 1. The largest absolute Gasteiger partial charge is 0.507 e. The van der Waals surface area contributed by atoms with Crippen molar-refractivity contribution in [3.8, 4) is 5.75 Å². The number of aromatic nitrogens is 1. The lowest BCUT2D eigenvalue weighted by Gasteiger charge is -2.23. The van der Waals surface area contributed by atoms with E-state index in [0.29, 0.717) is 23.6 Å². The Labute approximate surface area is 246 Å². The van der Waals surface area contributed by atoms with Crippen LogP contribution in [0.3, 0.4) is 0 Å². The molecule has 1 fully saturated rings. The quantitative estimate of drug-likeness (QED) is 0.0539. The molecule has 42 heavy (non-hydrogen) atoms. The van der Waals surface area contributed by atoms with Gasteiger partial charge in [-0.15, -0.1) is 0 Å². The van der Waals surface area contributed by atoms with Gasteiger partial charge in [-0.2, -0.15) is 0 Å². The SMILES string of the molecule is CCCCOc1ccc(C(O)=C2C(=O)C(=O)N(c3nc(C)c(C(=O)OCC(C)C)s3)C2c2ccc([N+](=O)[O-])cc2)cc1. The first-order chi connectivity index (χ1) is 20.0. The molecule has 2 heterocycles. The molecule has 1 unspecified atom stereocenters. The van der Waals surface area contributed by atoms with Crippen molar-refractivity contribution in [2.45, 2.75) is 46.6 Å². The minimum Gasteiger partial charge on any atom is -0.507 e. The average Bonchev–Trinajstić information content (AvgIpc) is 3.48. The number of aliphatic hydroxyl groups excluding tert-OH is 1. The normalized spacial score (nSPS) is 16.2. The molecule has 0 bridgehead atoms. The highest BCUT2D eigenvalue weighted by Gasteiger charge is 2.48. The molecule has 1 N–H and O–H groups in total. The molecule has 1 aliphatic rings. The Kier molecular flexibility index (Phi) is 9.36.